The average Bonchev–Trinajstić information content (AvgIpc) is 2.02. The van der Waals surface area contributed by atoms with E-state index in [0.717, 1.165) is 25.5 Å². The Morgan fingerprint density at radius 3 is 2.50 bits per heavy atom. The zero-order chi connectivity index (χ0) is 9.56. The van der Waals surface area contributed by atoms with E-state index >= 15 is 0 Å². The monoisotopic (exact) mass is 166 g/mol. The molecule has 0 radical (unpaired) electrons. The maximum Gasteiger partial charge on any atom is 0.145 e. The van der Waals surface area contributed by atoms with E-state index in [1.807, 2.05) is 13.8 Å². The van der Waals surface area contributed by atoms with Crippen LogP contribution < -0.4 is 0 Å². The molecule has 0 bridgehead atoms. The predicted molar refractivity (Wildman–Crippen MR) is 53.0 cm³/mol. The maximum absolute atomic E-state index is 10.3. The first-order valence-corrected chi connectivity index (χ1v) is 4.36. The number of carbonyl (C=O) groups excluding carboxylic acids is 1. The number of aldehydes is 1. The van der Waals surface area contributed by atoms with Crippen LogP contribution in [0.5, 0.6) is 0 Å². The minimum atomic E-state index is 0.321. The van der Waals surface area contributed by atoms with Crippen LogP contribution in [-0.4, -0.2) is 6.29 Å². The molecule has 0 saturated carbocycles. The number of rotatable bonds is 6. The largest absolute Gasteiger partial charge is 0.298 e. The molecule has 0 aromatic carbocycles. The molecule has 0 amide bonds. The van der Waals surface area contributed by atoms with Gasteiger partial charge < -0.3 is 0 Å². The average molecular weight is 166 g/mol. The van der Waals surface area contributed by atoms with E-state index in [-0.39, 0.29) is 0 Å². The summed E-state index contributed by atoms with van der Waals surface area (Å²) >= 11 is 0. The van der Waals surface area contributed by atoms with Crippen molar-refractivity contribution in [3.05, 3.63) is 24.3 Å². The molecule has 0 aliphatic rings. The summed E-state index contributed by atoms with van der Waals surface area (Å²) in [4.78, 5) is 10.3. The SMILES string of the molecule is C=C(C)CCCC(C)C(=C)C=O. The van der Waals surface area contributed by atoms with E-state index in [2.05, 4.69) is 13.2 Å². The Morgan fingerprint density at radius 2 is 2.08 bits per heavy atom. The van der Waals surface area contributed by atoms with Crippen molar-refractivity contribution in [2.45, 2.75) is 33.1 Å². The van der Waals surface area contributed by atoms with E-state index in [0.29, 0.717) is 11.5 Å². The molecule has 1 atom stereocenters. The Morgan fingerprint density at radius 1 is 1.50 bits per heavy atom. The molecule has 0 aliphatic carbocycles. The summed E-state index contributed by atoms with van der Waals surface area (Å²) in [5, 5.41) is 0. The number of hydrogen-bond acceptors (Lipinski definition) is 1. The summed E-state index contributed by atoms with van der Waals surface area (Å²) in [5.41, 5.74) is 1.91. The van der Waals surface area contributed by atoms with Crippen LogP contribution in [0.2, 0.25) is 0 Å². The standard InChI is InChI=1S/C11H18O/c1-9(2)6-5-7-10(3)11(4)8-12/h8,10H,1,4-7H2,2-3H3. The van der Waals surface area contributed by atoms with Gasteiger partial charge in [-0.15, -0.1) is 6.58 Å². The molecule has 1 nitrogen and oxygen atoms in total. The molecule has 0 aliphatic heterocycles. The third kappa shape index (κ3) is 4.89. The quantitative estimate of drug-likeness (QED) is 0.336. The molecule has 1 unspecified atom stereocenters. The third-order valence-corrected chi connectivity index (χ3v) is 2.03. The van der Waals surface area contributed by atoms with Crippen LogP contribution in [0.15, 0.2) is 24.3 Å². The van der Waals surface area contributed by atoms with Gasteiger partial charge in [-0.25, -0.2) is 0 Å². The van der Waals surface area contributed by atoms with Crippen LogP contribution in [-0.2, 0) is 4.79 Å². The van der Waals surface area contributed by atoms with Crippen LogP contribution in [0.25, 0.3) is 0 Å². The summed E-state index contributed by atoms with van der Waals surface area (Å²) in [6, 6.07) is 0. The van der Waals surface area contributed by atoms with Gasteiger partial charge in [0.1, 0.15) is 6.29 Å². The summed E-state index contributed by atoms with van der Waals surface area (Å²) < 4.78 is 0. The predicted octanol–water partition coefficient (Wildman–Crippen LogP) is 3.12. The van der Waals surface area contributed by atoms with Gasteiger partial charge in [0.15, 0.2) is 0 Å². The molecule has 0 saturated heterocycles. The third-order valence-electron chi connectivity index (χ3n) is 2.03. The summed E-state index contributed by atoms with van der Waals surface area (Å²) in [6.07, 6.45) is 4.04. The number of hydrogen-bond donors (Lipinski definition) is 0. The Kier molecular flexibility index (Phi) is 5.35. The Bertz CT molecular complexity index is 179. The molecule has 68 valence electrons. The molecular weight excluding hydrogens is 148 g/mol. The normalized spacial score (nSPS) is 12.2. The van der Waals surface area contributed by atoms with Gasteiger partial charge in [-0.1, -0.05) is 19.1 Å². The van der Waals surface area contributed by atoms with Crippen molar-refractivity contribution in [3.63, 3.8) is 0 Å². The number of allylic oxidation sites excluding steroid dienone is 2. The van der Waals surface area contributed by atoms with Crippen molar-refractivity contribution >= 4 is 6.29 Å². The molecule has 0 N–H and O–H groups in total. The first-order chi connectivity index (χ1) is 5.57. The van der Waals surface area contributed by atoms with Crippen LogP contribution >= 0.6 is 0 Å². The van der Waals surface area contributed by atoms with E-state index in [4.69, 9.17) is 0 Å². The second kappa shape index (κ2) is 5.76. The lowest BCUT2D eigenvalue weighted by molar-refractivity contribution is -0.105. The van der Waals surface area contributed by atoms with Crippen molar-refractivity contribution in [3.8, 4) is 0 Å². The van der Waals surface area contributed by atoms with Gasteiger partial charge in [-0.3, -0.25) is 4.79 Å². The van der Waals surface area contributed by atoms with Crippen LogP contribution in [0.1, 0.15) is 33.1 Å². The van der Waals surface area contributed by atoms with E-state index in [1.54, 1.807) is 0 Å². The molecular formula is C11H18O. The van der Waals surface area contributed by atoms with Gasteiger partial charge in [-0.2, -0.15) is 0 Å². The van der Waals surface area contributed by atoms with Crippen molar-refractivity contribution in [1.82, 2.24) is 0 Å². The van der Waals surface area contributed by atoms with Gasteiger partial charge in [0.2, 0.25) is 0 Å². The van der Waals surface area contributed by atoms with Crippen molar-refractivity contribution in [2.24, 2.45) is 5.92 Å². The van der Waals surface area contributed by atoms with Gasteiger partial charge >= 0.3 is 0 Å². The Labute approximate surface area is 75.2 Å². The lowest BCUT2D eigenvalue weighted by atomic mass is 9.96. The fourth-order valence-electron chi connectivity index (χ4n) is 1.01. The van der Waals surface area contributed by atoms with Gasteiger partial charge in [0.05, 0.1) is 0 Å². The molecule has 0 spiro atoms. The molecule has 12 heavy (non-hydrogen) atoms. The van der Waals surface area contributed by atoms with Crippen LogP contribution in [0.4, 0.5) is 0 Å². The minimum absolute atomic E-state index is 0.321. The molecule has 0 heterocycles. The summed E-state index contributed by atoms with van der Waals surface area (Å²) in [6.45, 7) is 11.6. The molecule has 0 aromatic heterocycles. The van der Waals surface area contributed by atoms with Crippen LogP contribution in [0, 0.1) is 5.92 Å². The van der Waals surface area contributed by atoms with Gasteiger partial charge in [0, 0.05) is 0 Å². The Balaban J connectivity index is 3.56. The highest BCUT2D eigenvalue weighted by atomic mass is 16.1. The van der Waals surface area contributed by atoms with Crippen LogP contribution in [0.3, 0.4) is 0 Å². The fourth-order valence-corrected chi connectivity index (χ4v) is 1.01. The fraction of sp³-hybridized carbons (Fsp3) is 0.545. The second-order valence-corrected chi connectivity index (χ2v) is 3.44. The highest BCUT2D eigenvalue weighted by Crippen LogP contribution is 2.15. The second-order valence-electron chi connectivity index (χ2n) is 3.44. The van der Waals surface area contributed by atoms with Crippen molar-refractivity contribution in [1.29, 1.82) is 0 Å². The van der Waals surface area contributed by atoms with Crippen molar-refractivity contribution in [2.75, 3.05) is 0 Å². The Hall–Kier alpha value is -0.850. The highest BCUT2D eigenvalue weighted by Gasteiger charge is 2.04. The zero-order valence-corrected chi connectivity index (χ0v) is 8.10. The smallest absolute Gasteiger partial charge is 0.145 e. The first kappa shape index (κ1) is 11.2. The summed E-state index contributed by atoms with van der Waals surface area (Å²) in [7, 11) is 0. The maximum atomic E-state index is 10.3. The number of carbonyl (C=O) groups is 1. The van der Waals surface area contributed by atoms with E-state index in [9.17, 15) is 4.79 Å². The summed E-state index contributed by atoms with van der Waals surface area (Å²) in [5.74, 6) is 0.321. The van der Waals surface area contributed by atoms with Gasteiger partial charge in [0.25, 0.3) is 0 Å². The molecule has 0 fully saturated rings. The minimum Gasteiger partial charge on any atom is -0.298 e. The lowest BCUT2D eigenvalue weighted by Gasteiger charge is -2.08. The molecule has 0 rings (SSSR count). The molecule has 0 aromatic rings. The van der Waals surface area contributed by atoms with E-state index < -0.39 is 0 Å². The van der Waals surface area contributed by atoms with E-state index in [1.165, 1.54) is 5.57 Å². The molecule has 1 heteroatoms. The first-order valence-electron chi connectivity index (χ1n) is 4.36. The van der Waals surface area contributed by atoms with Gasteiger partial charge in [-0.05, 0) is 37.7 Å². The lowest BCUT2D eigenvalue weighted by Crippen LogP contribution is -1.99. The topological polar surface area (TPSA) is 17.1 Å². The highest BCUT2D eigenvalue weighted by molar-refractivity contribution is 5.72. The van der Waals surface area contributed by atoms with Crippen molar-refractivity contribution < 1.29 is 4.79 Å². The zero-order valence-electron chi connectivity index (χ0n) is 8.10.